The number of nitrogens with zero attached hydrogens (tertiary/aromatic N) is 1. The number of benzene rings is 2. The second kappa shape index (κ2) is 10.8. The second-order valence-electron chi connectivity index (χ2n) is 6.88. The molecule has 0 aliphatic carbocycles. The molecule has 0 unspecified atom stereocenters. The number of hydrogen-bond acceptors (Lipinski definition) is 3. The molecular formula is C22H28ClN3O2. The van der Waals surface area contributed by atoms with E-state index in [1.807, 2.05) is 30.3 Å². The highest BCUT2D eigenvalue weighted by molar-refractivity contribution is 6.33. The largest absolute Gasteiger partial charge is 0.348 e. The van der Waals surface area contributed by atoms with E-state index < -0.39 is 6.04 Å². The fraction of sp³-hybridized carbons (Fsp3) is 0.364. The predicted octanol–water partition coefficient (Wildman–Crippen LogP) is 4.26. The molecule has 6 heteroatoms. The minimum absolute atomic E-state index is 0.0356. The fourth-order valence-corrected chi connectivity index (χ4v) is 3.09. The molecule has 28 heavy (non-hydrogen) atoms. The molecular weight excluding hydrogens is 374 g/mol. The molecule has 0 spiro atoms. The highest BCUT2D eigenvalue weighted by atomic mass is 35.5. The highest BCUT2D eigenvalue weighted by Crippen LogP contribution is 2.21. The van der Waals surface area contributed by atoms with E-state index in [0.717, 1.165) is 18.4 Å². The first kappa shape index (κ1) is 21.9. The van der Waals surface area contributed by atoms with Gasteiger partial charge in [0.15, 0.2) is 0 Å². The predicted molar refractivity (Wildman–Crippen MR) is 114 cm³/mol. The Hall–Kier alpha value is -2.37. The number of halogens is 1. The third-order valence-corrected chi connectivity index (χ3v) is 5.01. The highest BCUT2D eigenvalue weighted by Gasteiger charge is 2.23. The molecule has 0 fully saturated rings. The van der Waals surface area contributed by atoms with Crippen LogP contribution in [-0.4, -0.2) is 36.3 Å². The molecule has 0 heterocycles. The van der Waals surface area contributed by atoms with Gasteiger partial charge in [-0.05, 0) is 38.1 Å². The van der Waals surface area contributed by atoms with Crippen LogP contribution < -0.4 is 10.6 Å². The molecule has 0 aromatic heterocycles. The zero-order valence-electron chi connectivity index (χ0n) is 16.6. The van der Waals surface area contributed by atoms with E-state index in [1.54, 1.807) is 43.1 Å². The monoisotopic (exact) mass is 401 g/mol. The molecule has 0 saturated heterocycles. The van der Waals surface area contributed by atoms with Crippen LogP contribution in [-0.2, 0) is 9.59 Å². The van der Waals surface area contributed by atoms with Crippen LogP contribution in [0.25, 0.3) is 0 Å². The number of hydrogen-bond donors (Lipinski definition) is 2. The van der Waals surface area contributed by atoms with Gasteiger partial charge in [-0.25, -0.2) is 0 Å². The van der Waals surface area contributed by atoms with Gasteiger partial charge in [0, 0.05) is 0 Å². The quantitative estimate of drug-likeness (QED) is 0.660. The van der Waals surface area contributed by atoms with Crippen molar-refractivity contribution in [1.29, 1.82) is 0 Å². The van der Waals surface area contributed by atoms with Crippen LogP contribution in [0.2, 0.25) is 5.02 Å². The summed E-state index contributed by atoms with van der Waals surface area (Å²) in [7, 11) is 1.76. The summed E-state index contributed by atoms with van der Waals surface area (Å²) in [6.07, 6.45) is 1.82. The molecule has 150 valence electrons. The summed E-state index contributed by atoms with van der Waals surface area (Å²) in [5.41, 5.74) is 1.65. The molecule has 5 nitrogen and oxygen atoms in total. The van der Waals surface area contributed by atoms with Gasteiger partial charge >= 0.3 is 0 Å². The standard InChI is InChI=1S/C22H28ClN3O2/c1-4-10-19(17-11-6-5-7-12-17)25-22(28)16(2)26(3)15-21(27)24-20-14-9-8-13-18(20)23/h5-9,11-14,16,19H,4,10,15H2,1-3H3,(H,24,27)(H,25,28)/t16-,19-/m1/s1. The van der Waals surface area contributed by atoms with Gasteiger partial charge in [0.2, 0.25) is 11.8 Å². The van der Waals surface area contributed by atoms with Crippen molar-refractivity contribution in [2.45, 2.75) is 38.8 Å². The Balaban J connectivity index is 1.93. The Bertz CT molecular complexity index is 782. The Kier molecular flexibility index (Phi) is 8.48. The van der Waals surface area contributed by atoms with Gasteiger partial charge in [-0.2, -0.15) is 0 Å². The van der Waals surface area contributed by atoms with Crippen molar-refractivity contribution in [2.75, 3.05) is 18.9 Å². The summed E-state index contributed by atoms with van der Waals surface area (Å²) in [5, 5.41) is 6.37. The lowest BCUT2D eigenvalue weighted by molar-refractivity contribution is -0.127. The molecule has 2 N–H and O–H groups in total. The van der Waals surface area contributed by atoms with Crippen molar-refractivity contribution >= 4 is 29.1 Å². The van der Waals surface area contributed by atoms with Crippen LogP contribution in [0.15, 0.2) is 54.6 Å². The number of amides is 2. The molecule has 0 saturated carbocycles. The first-order valence-electron chi connectivity index (χ1n) is 9.52. The average molecular weight is 402 g/mol. The summed E-state index contributed by atoms with van der Waals surface area (Å²) < 4.78 is 0. The summed E-state index contributed by atoms with van der Waals surface area (Å²) in [6, 6.07) is 16.5. The SMILES string of the molecule is CCC[C@@H](NC(=O)[C@@H](C)N(C)CC(=O)Nc1ccccc1Cl)c1ccccc1. The minimum atomic E-state index is -0.444. The first-order chi connectivity index (χ1) is 13.4. The smallest absolute Gasteiger partial charge is 0.238 e. The molecule has 2 rings (SSSR count). The van der Waals surface area contributed by atoms with Crippen LogP contribution >= 0.6 is 11.6 Å². The molecule has 2 atom stereocenters. The van der Waals surface area contributed by atoms with Gasteiger partial charge in [-0.15, -0.1) is 0 Å². The van der Waals surface area contributed by atoms with Crippen LogP contribution in [0, 0.1) is 0 Å². The van der Waals surface area contributed by atoms with Crippen LogP contribution in [0.3, 0.4) is 0 Å². The van der Waals surface area contributed by atoms with Crippen molar-refractivity contribution in [3.63, 3.8) is 0 Å². The molecule has 0 bridgehead atoms. The van der Waals surface area contributed by atoms with Gasteiger partial charge in [-0.1, -0.05) is 67.4 Å². The molecule has 0 radical (unpaired) electrons. The van der Waals surface area contributed by atoms with Crippen molar-refractivity contribution < 1.29 is 9.59 Å². The summed E-state index contributed by atoms with van der Waals surface area (Å²) in [6.45, 7) is 3.98. The Labute approximate surface area is 172 Å². The normalized spacial score (nSPS) is 13.0. The zero-order chi connectivity index (χ0) is 20.5. The van der Waals surface area contributed by atoms with Gasteiger partial charge in [-0.3, -0.25) is 14.5 Å². The molecule has 2 amide bonds. The van der Waals surface area contributed by atoms with Crippen molar-refractivity contribution in [3.8, 4) is 0 Å². The van der Waals surface area contributed by atoms with Crippen molar-refractivity contribution in [3.05, 3.63) is 65.2 Å². The van der Waals surface area contributed by atoms with E-state index in [2.05, 4.69) is 17.6 Å². The summed E-state index contributed by atoms with van der Waals surface area (Å²) in [5.74, 6) is -0.321. The number of rotatable bonds is 9. The van der Waals surface area contributed by atoms with E-state index in [-0.39, 0.29) is 24.4 Å². The van der Waals surface area contributed by atoms with E-state index in [1.165, 1.54) is 0 Å². The van der Waals surface area contributed by atoms with Gasteiger partial charge < -0.3 is 10.6 Å². The third-order valence-electron chi connectivity index (χ3n) is 4.68. The topological polar surface area (TPSA) is 61.4 Å². The molecule has 2 aromatic rings. The summed E-state index contributed by atoms with van der Waals surface area (Å²) in [4.78, 5) is 26.8. The third kappa shape index (κ3) is 6.36. The lowest BCUT2D eigenvalue weighted by Gasteiger charge is -2.26. The van der Waals surface area contributed by atoms with E-state index >= 15 is 0 Å². The maximum absolute atomic E-state index is 12.7. The van der Waals surface area contributed by atoms with Crippen LogP contribution in [0.5, 0.6) is 0 Å². The molecule has 2 aromatic carbocycles. The number of nitrogens with one attached hydrogen (secondary N) is 2. The van der Waals surface area contributed by atoms with Gasteiger partial charge in [0.1, 0.15) is 0 Å². The maximum atomic E-state index is 12.7. The lowest BCUT2D eigenvalue weighted by Crippen LogP contribution is -2.46. The minimum Gasteiger partial charge on any atom is -0.348 e. The van der Waals surface area contributed by atoms with Gasteiger partial charge in [0.25, 0.3) is 0 Å². The zero-order valence-corrected chi connectivity index (χ0v) is 17.4. The van der Waals surface area contributed by atoms with Crippen LogP contribution in [0.1, 0.15) is 38.3 Å². The Morgan fingerprint density at radius 2 is 1.71 bits per heavy atom. The van der Waals surface area contributed by atoms with Crippen LogP contribution in [0.4, 0.5) is 5.69 Å². The first-order valence-corrected chi connectivity index (χ1v) is 9.90. The number of para-hydroxylation sites is 1. The number of carbonyl (C=O) groups excluding carboxylic acids is 2. The number of carbonyl (C=O) groups is 2. The van der Waals surface area contributed by atoms with Crippen molar-refractivity contribution in [2.24, 2.45) is 0 Å². The van der Waals surface area contributed by atoms with E-state index in [4.69, 9.17) is 11.6 Å². The summed E-state index contributed by atoms with van der Waals surface area (Å²) >= 11 is 6.07. The van der Waals surface area contributed by atoms with E-state index in [9.17, 15) is 9.59 Å². The number of likely N-dealkylation sites (N-methyl/N-ethyl adjacent to an activating group) is 1. The maximum Gasteiger partial charge on any atom is 0.238 e. The fourth-order valence-electron chi connectivity index (χ4n) is 2.90. The lowest BCUT2D eigenvalue weighted by atomic mass is 10.0. The molecule has 0 aliphatic rings. The number of anilines is 1. The van der Waals surface area contributed by atoms with Gasteiger partial charge in [0.05, 0.1) is 29.3 Å². The van der Waals surface area contributed by atoms with Crippen molar-refractivity contribution in [1.82, 2.24) is 10.2 Å². The van der Waals surface area contributed by atoms with E-state index in [0.29, 0.717) is 10.7 Å². The average Bonchev–Trinajstić information content (AvgIpc) is 2.69. The Morgan fingerprint density at radius 1 is 1.07 bits per heavy atom. The second-order valence-corrected chi connectivity index (χ2v) is 7.29. The molecule has 0 aliphatic heterocycles. The Morgan fingerprint density at radius 3 is 2.36 bits per heavy atom.